The number of halogens is 1. The summed E-state index contributed by atoms with van der Waals surface area (Å²) >= 11 is 7.50. The highest BCUT2D eigenvalue weighted by molar-refractivity contribution is 7.16. The maximum Gasteiger partial charge on any atom is 0.0931 e. The first-order valence-electron chi connectivity index (χ1n) is 4.52. The maximum atomic E-state index is 5.88. The van der Waals surface area contributed by atoms with Crippen molar-refractivity contribution in [3.63, 3.8) is 0 Å². The molecule has 4 heteroatoms. The van der Waals surface area contributed by atoms with E-state index in [-0.39, 0.29) is 0 Å². The molecule has 2 nitrogen and oxygen atoms in total. The van der Waals surface area contributed by atoms with Gasteiger partial charge in [0.15, 0.2) is 0 Å². The molecule has 0 aromatic carbocycles. The summed E-state index contributed by atoms with van der Waals surface area (Å²) in [5.74, 6) is 6.25. The number of hydrogen-bond donors (Lipinski definition) is 2. The summed E-state index contributed by atoms with van der Waals surface area (Å²) in [6.07, 6.45) is 3.90. The summed E-state index contributed by atoms with van der Waals surface area (Å²) in [5.41, 5.74) is 2.89. The van der Waals surface area contributed by atoms with E-state index in [1.54, 1.807) is 11.3 Å². The van der Waals surface area contributed by atoms with Crippen LogP contribution in [0.15, 0.2) is 12.1 Å². The molecule has 72 valence electrons. The Morgan fingerprint density at radius 2 is 2.31 bits per heavy atom. The molecule has 0 amide bonds. The van der Waals surface area contributed by atoms with Crippen LogP contribution in [0.25, 0.3) is 0 Å². The van der Waals surface area contributed by atoms with Gasteiger partial charge in [-0.1, -0.05) is 18.0 Å². The first-order chi connectivity index (χ1) is 6.31. The Hall–Kier alpha value is -0.0900. The fourth-order valence-electron chi connectivity index (χ4n) is 1.72. The third kappa shape index (κ3) is 1.89. The molecule has 1 saturated carbocycles. The van der Waals surface area contributed by atoms with Crippen molar-refractivity contribution in [3.8, 4) is 0 Å². The Morgan fingerprint density at radius 3 is 2.69 bits per heavy atom. The van der Waals surface area contributed by atoms with Crippen LogP contribution in [0, 0.1) is 5.92 Å². The van der Waals surface area contributed by atoms with Gasteiger partial charge in [-0.3, -0.25) is 11.3 Å². The quantitative estimate of drug-likeness (QED) is 0.602. The van der Waals surface area contributed by atoms with E-state index in [0.717, 1.165) is 4.34 Å². The molecule has 1 aliphatic carbocycles. The Labute approximate surface area is 87.1 Å². The molecule has 0 aliphatic heterocycles. The van der Waals surface area contributed by atoms with Crippen molar-refractivity contribution in [1.82, 2.24) is 5.43 Å². The molecule has 0 saturated heterocycles. The standard InChI is InChI=1S/C9H13ClN2S/c10-8-5-4-7(13-8)9(12-11)6-2-1-3-6/h4-6,9,12H,1-3,11H2. The van der Waals surface area contributed by atoms with E-state index in [9.17, 15) is 0 Å². The lowest BCUT2D eigenvalue weighted by Crippen LogP contribution is -2.35. The Morgan fingerprint density at radius 1 is 1.54 bits per heavy atom. The highest BCUT2D eigenvalue weighted by atomic mass is 35.5. The number of rotatable bonds is 3. The second-order valence-corrected chi connectivity index (χ2v) is 5.22. The van der Waals surface area contributed by atoms with Crippen LogP contribution in [0.4, 0.5) is 0 Å². The van der Waals surface area contributed by atoms with Gasteiger partial charge in [0, 0.05) is 4.88 Å². The molecule has 3 N–H and O–H groups in total. The summed E-state index contributed by atoms with van der Waals surface area (Å²) in [6.45, 7) is 0. The summed E-state index contributed by atoms with van der Waals surface area (Å²) in [6, 6.07) is 4.31. The van der Waals surface area contributed by atoms with Gasteiger partial charge in [-0.15, -0.1) is 11.3 Å². The lowest BCUT2D eigenvalue weighted by molar-refractivity contribution is 0.235. The van der Waals surface area contributed by atoms with Gasteiger partial charge in [-0.2, -0.15) is 0 Å². The highest BCUT2D eigenvalue weighted by Gasteiger charge is 2.28. The minimum Gasteiger partial charge on any atom is -0.271 e. The number of hydrazine groups is 1. The van der Waals surface area contributed by atoms with Gasteiger partial charge in [0.05, 0.1) is 10.4 Å². The van der Waals surface area contributed by atoms with Crippen LogP contribution in [0.1, 0.15) is 30.2 Å². The van der Waals surface area contributed by atoms with Crippen molar-refractivity contribution in [3.05, 3.63) is 21.3 Å². The van der Waals surface area contributed by atoms with Crippen LogP contribution in [0.2, 0.25) is 4.34 Å². The summed E-state index contributed by atoms with van der Waals surface area (Å²) in [7, 11) is 0. The number of hydrogen-bond acceptors (Lipinski definition) is 3. The molecule has 13 heavy (non-hydrogen) atoms. The zero-order valence-corrected chi connectivity index (χ0v) is 8.87. The summed E-state index contributed by atoms with van der Waals surface area (Å²) < 4.78 is 0.842. The third-order valence-electron chi connectivity index (χ3n) is 2.70. The van der Waals surface area contributed by atoms with Crippen LogP contribution in [-0.4, -0.2) is 0 Å². The number of thiophene rings is 1. The van der Waals surface area contributed by atoms with Crippen LogP contribution in [0.5, 0.6) is 0 Å². The van der Waals surface area contributed by atoms with Crippen molar-refractivity contribution in [2.24, 2.45) is 11.8 Å². The molecule has 1 fully saturated rings. The average Bonchev–Trinajstić information content (AvgIpc) is 2.43. The Bertz CT molecular complexity index is 283. The summed E-state index contributed by atoms with van der Waals surface area (Å²) in [5, 5.41) is 0. The van der Waals surface area contributed by atoms with Gasteiger partial charge in [-0.25, -0.2) is 0 Å². The van der Waals surface area contributed by atoms with Gasteiger partial charge < -0.3 is 0 Å². The lowest BCUT2D eigenvalue weighted by atomic mass is 9.79. The van der Waals surface area contributed by atoms with Gasteiger partial charge >= 0.3 is 0 Å². The van der Waals surface area contributed by atoms with Gasteiger partial charge in [0.2, 0.25) is 0 Å². The van der Waals surface area contributed by atoms with Crippen molar-refractivity contribution in [2.75, 3.05) is 0 Å². The highest BCUT2D eigenvalue weighted by Crippen LogP contribution is 2.40. The zero-order valence-electron chi connectivity index (χ0n) is 7.29. The van der Waals surface area contributed by atoms with E-state index < -0.39 is 0 Å². The normalized spacial score (nSPS) is 19.8. The Balaban J connectivity index is 2.11. The number of nitrogens with two attached hydrogens (primary N) is 1. The molecule has 0 radical (unpaired) electrons. The van der Waals surface area contributed by atoms with Crippen LogP contribution in [0.3, 0.4) is 0 Å². The fourth-order valence-corrected chi connectivity index (χ4v) is 2.93. The molecule has 1 unspecified atom stereocenters. The first-order valence-corrected chi connectivity index (χ1v) is 5.72. The predicted molar refractivity (Wildman–Crippen MR) is 56.7 cm³/mol. The molecule has 1 aromatic rings. The van der Waals surface area contributed by atoms with Crippen molar-refractivity contribution in [1.29, 1.82) is 0 Å². The molecule has 1 atom stereocenters. The van der Waals surface area contributed by atoms with Crippen LogP contribution in [-0.2, 0) is 0 Å². The Kier molecular flexibility index (Phi) is 2.89. The van der Waals surface area contributed by atoms with Crippen molar-refractivity contribution >= 4 is 22.9 Å². The average molecular weight is 217 g/mol. The van der Waals surface area contributed by atoms with Gasteiger partial charge in [0.25, 0.3) is 0 Å². The second kappa shape index (κ2) is 3.96. The molecule has 0 spiro atoms. The monoisotopic (exact) mass is 216 g/mol. The van der Waals surface area contributed by atoms with Crippen LogP contribution >= 0.6 is 22.9 Å². The largest absolute Gasteiger partial charge is 0.271 e. The zero-order chi connectivity index (χ0) is 9.26. The molecule has 2 rings (SSSR count). The predicted octanol–water partition coefficient (Wildman–Crippen LogP) is 2.71. The van der Waals surface area contributed by atoms with E-state index in [2.05, 4.69) is 11.5 Å². The van der Waals surface area contributed by atoms with E-state index in [1.165, 1.54) is 24.1 Å². The van der Waals surface area contributed by atoms with Crippen molar-refractivity contribution in [2.45, 2.75) is 25.3 Å². The van der Waals surface area contributed by atoms with E-state index in [0.29, 0.717) is 12.0 Å². The van der Waals surface area contributed by atoms with E-state index in [1.807, 2.05) is 6.07 Å². The second-order valence-electron chi connectivity index (χ2n) is 3.48. The van der Waals surface area contributed by atoms with Gasteiger partial charge in [-0.05, 0) is 30.9 Å². The first kappa shape index (κ1) is 9.46. The van der Waals surface area contributed by atoms with E-state index >= 15 is 0 Å². The molecular formula is C9H13ClN2S. The van der Waals surface area contributed by atoms with Gasteiger partial charge in [0.1, 0.15) is 0 Å². The molecule has 0 bridgehead atoms. The smallest absolute Gasteiger partial charge is 0.0931 e. The minimum absolute atomic E-state index is 0.311. The lowest BCUT2D eigenvalue weighted by Gasteiger charge is -2.32. The minimum atomic E-state index is 0.311. The SMILES string of the molecule is NNC(c1ccc(Cl)s1)C1CCC1. The molecule has 1 heterocycles. The topological polar surface area (TPSA) is 38.0 Å². The van der Waals surface area contributed by atoms with E-state index in [4.69, 9.17) is 17.4 Å². The van der Waals surface area contributed by atoms with Crippen LogP contribution < -0.4 is 11.3 Å². The molecule has 1 aromatic heterocycles. The molecular weight excluding hydrogens is 204 g/mol. The molecule has 1 aliphatic rings. The third-order valence-corrected chi connectivity index (χ3v) is 4.02. The van der Waals surface area contributed by atoms with Crippen molar-refractivity contribution < 1.29 is 0 Å². The number of nitrogens with one attached hydrogen (secondary N) is 1. The fraction of sp³-hybridized carbons (Fsp3) is 0.556. The summed E-state index contributed by atoms with van der Waals surface area (Å²) in [4.78, 5) is 1.26. The maximum absolute atomic E-state index is 5.88.